The fourth-order valence-electron chi connectivity index (χ4n) is 3.66. The van der Waals surface area contributed by atoms with Crippen LogP contribution in [0.15, 0.2) is 24.3 Å². The number of piperidine rings is 1. The number of benzene rings is 1. The van der Waals surface area contributed by atoms with Crippen molar-refractivity contribution in [2.45, 2.75) is 53.0 Å². The summed E-state index contributed by atoms with van der Waals surface area (Å²) in [6.45, 7) is 9.87. The van der Waals surface area contributed by atoms with Crippen LogP contribution in [0.25, 0.3) is 0 Å². The van der Waals surface area contributed by atoms with E-state index >= 15 is 0 Å². The molecule has 1 aromatic heterocycles. The Morgan fingerprint density at radius 3 is 2.75 bits per heavy atom. The van der Waals surface area contributed by atoms with Gasteiger partial charge in [-0.2, -0.15) is 0 Å². The third kappa shape index (κ3) is 5.00. The summed E-state index contributed by atoms with van der Waals surface area (Å²) in [7, 11) is 0. The van der Waals surface area contributed by atoms with E-state index in [0.29, 0.717) is 18.2 Å². The first-order chi connectivity index (χ1) is 13.3. The van der Waals surface area contributed by atoms with Crippen LogP contribution in [-0.4, -0.2) is 39.9 Å². The molecule has 2 aromatic rings. The number of aryl methyl sites for hydroxylation is 2. The van der Waals surface area contributed by atoms with Crippen LogP contribution in [-0.2, 0) is 6.42 Å². The molecule has 0 saturated carbocycles. The van der Waals surface area contributed by atoms with E-state index in [0.717, 1.165) is 37.2 Å². The third-order valence-electron chi connectivity index (χ3n) is 5.22. The van der Waals surface area contributed by atoms with Gasteiger partial charge >= 0.3 is 0 Å². The van der Waals surface area contributed by atoms with Crippen molar-refractivity contribution in [2.24, 2.45) is 5.92 Å². The van der Waals surface area contributed by atoms with Crippen LogP contribution < -0.4 is 11.1 Å². The quantitative estimate of drug-likeness (QED) is 0.827. The molecule has 1 amide bonds. The number of rotatable bonds is 5. The largest absolute Gasteiger partial charge is 0.381 e. The summed E-state index contributed by atoms with van der Waals surface area (Å²) in [5.41, 5.74) is 10.7. The zero-order valence-corrected chi connectivity index (χ0v) is 17.3. The Morgan fingerprint density at radius 2 is 2.04 bits per heavy atom. The molecule has 0 unspecified atom stereocenters. The summed E-state index contributed by atoms with van der Waals surface area (Å²) in [5.74, 6) is 0.549. The lowest BCUT2D eigenvalue weighted by atomic mass is 10.0. The van der Waals surface area contributed by atoms with E-state index in [4.69, 9.17) is 5.73 Å². The number of amides is 1. The van der Waals surface area contributed by atoms with Crippen molar-refractivity contribution in [1.29, 1.82) is 0 Å². The highest BCUT2D eigenvalue weighted by molar-refractivity contribution is 5.92. The number of hydrogen-bond donors (Lipinski definition) is 2. The number of carbonyl (C=O) groups is 1. The number of nitrogens with zero attached hydrogens (tertiary/aromatic N) is 3. The van der Waals surface area contributed by atoms with Gasteiger partial charge in [0, 0.05) is 30.5 Å². The molecule has 6 heteroatoms. The Kier molecular flexibility index (Phi) is 6.17. The number of likely N-dealkylation sites (tertiary alicyclic amines) is 1. The van der Waals surface area contributed by atoms with Gasteiger partial charge in [-0.15, -0.1) is 0 Å². The van der Waals surface area contributed by atoms with Crippen molar-refractivity contribution in [1.82, 2.24) is 14.9 Å². The molecule has 3 rings (SSSR count). The smallest absolute Gasteiger partial charge is 0.272 e. The Hall–Kier alpha value is -2.63. The van der Waals surface area contributed by atoms with Gasteiger partial charge in [0.05, 0.1) is 0 Å². The highest BCUT2D eigenvalue weighted by Crippen LogP contribution is 2.20. The molecule has 0 aliphatic carbocycles. The molecule has 0 bridgehead atoms. The lowest BCUT2D eigenvalue weighted by Crippen LogP contribution is -2.45. The van der Waals surface area contributed by atoms with Gasteiger partial charge in [0.15, 0.2) is 0 Å². The summed E-state index contributed by atoms with van der Waals surface area (Å²) >= 11 is 0. The van der Waals surface area contributed by atoms with Gasteiger partial charge in [0.2, 0.25) is 5.95 Å². The summed E-state index contributed by atoms with van der Waals surface area (Å²) in [4.78, 5) is 23.4. The van der Waals surface area contributed by atoms with Crippen molar-refractivity contribution in [3.8, 4) is 0 Å². The SMILES string of the molecule is Cc1ccc(N[C@@H]2CCCN(C(=O)c3cc(CC(C)C)nc(N)n3)C2)cc1C. The second kappa shape index (κ2) is 8.59. The zero-order chi connectivity index (χ0) is 20.3. The van der Waals surface area contributed by atoms with Crippen molar-refractivity contribution in [2.75, 3.05) is 24.1 Å². The third-order valence-corrected chi connectivity index (χ3v) is 5.22. The molecule has 1 atom stereocenters. The molecule has 150 valence electrons. The average Bonchev–Trinajstić information content (AvgIpc) is 2.63. The molecular formula is C22H31N5O. The molecule has 1 aromatic carbocycles. The van der Waals surface area contributed by atoms with Crippen LogP contribution in [0.3, 0.4) is 0 Å². The van der Waals surface area contributed by atoms with Crippen molar-refractivity contribution < 1.29 is 4.79 Å². The van der Waals surface area contributed by atoms with Gasteiger partial charge in [0.25, 0.3) is 5.91 Å². The normalized spacial score (nSPS) is 17.0. The van der Waals surface area contributed by atoms with E-state index in [9.17, 15) is 4.79 Å². The highest BCUT2D eigenvalue weighted by atomic mass is 16.2. The fraction of sp³-hybridized carbons (Fsp3) is 0.500. The van der Waals surface area contributed by atoms with Gasteiger partial charge in [-0.05, 0) is 68.4 Å². The number of nitrogen functional groups attached to an aromatic ring is 1. The molecular weight excluding hydrogens is 350 g/mol. The van der Waals surface area contributed by atoms with Gasteiger partial charge < -0.3 is 16.0 Å². The maximum atomic E-state index is 13.0. The average molecular weight is 382 g/mol. The first-order valence-electron chi connectivity index (χ1n) is 10.1. The minimum absolute atomic E-state index is 0.0642. The predicted octanol–water partition coefficient (Wildman–Crippen LogP) is 3.59. The number of hydrogen-bond acceptors (Lipinski definition) is 5. The highest BCUT2D eigenvalue weighted by Gasteiger charge is 2.26. The molecule has 6 nitrogen and oxygen atoms in total. The Bertz CT molecular complexity index is 849. The molecule has 1 aliphatic rings. The summed E-state index contributed by atoms with van der Waals surface area (Å²) in [6.07, 6.45) is 2.79. The van der Waals surface area contributed by atoms with Crippen molar-refractivity contribution in [3.05, 3.63) is 46.8 Å². The van der Waals surface area contributed by atoms with Crippen LogP contribution in [0.4, 0.5) is 11.6 Å². The molecule has 1 aliphatic heterocycles. The van der Waals surface area contributed by atoms with Crippen molar-refractivity contribution in [3.63, 3.8) is 0 Å². The number of nitrogens with one attached hydrogen (secondary N) is 1. The summed E-state index contributed by atoms with van der Waals surface area (Å²) < 4.78 is 0. The van der Waals surface area contributed by atoms with Crippen LogP contribution in [0.2, 0.25) is 0 Å². The minimum atomic E-state index is -0.0642. The predicted molar refractivity (Wildman–Crippen MR) is 113 cm³/mol. The second-order valence-electron chi connectivity index (χ2n) is 8.23. The van der Waals surface area contributed by atoms with Crippen LogP contribution in [0, 0.1) is 19.8 Å². The van der Waals surface area contributed by atoms with E-state index in [1.165, 1.54) is 11.1 Å². The monoisotopic (exact) mass is 381 g/mol. The first-order valence-corrected chi connectivity index (χ1v) is 10.1. The molecule has 1 fully saturated rings. The summed E-state index contributed by atoms with van der Waals surface area (Å²) in [5, 5.41) is 3.58. The van der Waals surface area contributed by atoms with E-state index in [2.05, 4.69) is 61.2 Å². The number of anilines is 2. The lowest BCUT2D eigenvalue weighted by molar-refractivity contribution is 0.0708. The van der Waals surface area contributed by atoms with E-state index in [-0.39, 0.29) is 17.9 Å². The van der Waals surface area contributed by atoms with Gasteiger partial charge in [-0.1, -0.05) is 19.9 Å². The number of nitrogens with two attached hydrogens (primary N) is 1. The topological polar surface area (TPSA) is 84.1 Å². The van der Waals surface area contributed by atoms with Crippen molar-refractivity contribution >= 4 is 17.5 Å². The number of aromatic nitrogens is 2. The van der Waals surface area contributed by atoms with E-state index in [1.807, 2.05) is 4.90 Å². The van der Waals surface area contributed by atoms with Gasteiger partial charge in [-0.25, -0.2) is 9.97 Å². The zero-order valence-electron chi connectivity index (χ0n) is 17.3. The van der Waals surface area contributed by atoms with Gasteiger partial charge in [-0.3, -0.25) is 4.79 Å². The summed E-state index contributed by atoms with van der Waals surface area (Å²) in [6, 6.07) is 8.42. The standard InChI is InChI=1S/C22H31N5O/c1-14(2)10-19-12-20(26-22(23)25-19)21(28)27-9-5-6-18(13-27)24-17-8-7-15(3)16(4)11-17/h7-8,11-12,14,18,24H,5-6,9-10,13H2,1-4H3,(H2,23,25,26)/t18-/m1/s1. The van der Waals surface area contributed by atoms with Crippen LogP contribution >= 0.6 is 0 Å². The molecule has 1 saturated heterocycles. The Labute approximate surface area is 167 Å². The molecule has 28 heavy (non-hydrogen) atoms. The number of carbonyl (C=O) groups excluding carboxylic acids is 1. The molecule has 2 heterocycles. The molecule has 0 spiro atoms. The van der Waals surface area contributed by atoms with Crippen LogP contribution in [0.1, 0.15) is 54.0 Å². The Balaban J connectivity index is 1.70. The van der Waals surface area contributed by atoms with Gasteiger partial charge in [0.1, 0.15) is 5.69 Å². The molecule has 3 N–H and O–H groups in total. The maximum absolute atomic E-state index is 13.0. The first kappa shape index (κ1) is 20.1. The fourth-order valence-corrected chi connectivity index (χ4v) is 3.66. The lowest BCUT2D eigenvalue weighted by Gasteiger charge is -2.33. The van der Waals surface area contributed by atoms with E-state index in [1.54, 1.807) is 6.07 Å². The Morgan fingerprint density at radius 1 is 1.25 bits per heavy atom. The maximum Gasteiger partial charge on any atom is 0.272 e. The van der Waals surface area contributed by atoms with Crippen LogP contribution in [0.5, 0.6) is 0 Å². The second-order valence-corrected chi connectivity index (χ2v) is 8.23. The minimum Gasteiger partial charge on any atom is -0.381 e. The van der Waals surface area contributed by atoms with E-state index < -0.39 is 0 Å². The molecule has 0 radical (unpaired) electrons.